The van der Waals surface area contributed by atoms with Crippen LogP contribution in [0.4, 0.5) is 11.6 Å². The first-order valence-corrected chi connectivity index (χ1v) is 12.2. The van der Waals surface area contributed by atoms with Gasteiger partial charge in [-0.25, -0.2) is 0 Å². The average Bonchev–Trinajstić information content (AvgIpc) is 3.11. The topological polar surface area (TPSA) is 67.5 Å². The SMILES string of the molecule is C=C1Cc2c(N)nc(OC3C[C@@H]4C[C@@H]4C3)nc2N(Cc2cccc(CN3CCCC3)c2)C1. The summed E-state index contributed by atoms with van der Waals surface area (Å²) < 4.78 is 6.19. The van der Waals surface area contributed by atoms with Gasteiger partial charge in [0.15, 0.2) is 0 Å². The summed E-state index contributed by atoms with van der Waals surface area (Å²) in [5.74, 6) is 3.17. The van der Waals surface area contributed by atoms with E-state index in [0.29, 0.717) is 11.8 Å². The number of ether oxygens (including phenoxy) is 1. The fraction of sp³-hybridized carbons (Fsp3) is 0.538. The van der Waals surface area contributed by atoms with E-state index >= 15 is 0 Å². The number of nitrogen functional groups attached to an aromatic ring is 1. The molecule has 2 N–H and O–H groups in total. The van der Waals surface area contributed by atoms with E-state index in [0.717, 1.165) is 67.7 Å². The second kappa shape index (κ2) is 8.07. The van der Waals surface area contributed by atoms with Gasteiger partial charge in [0.1, 0.15) is 17.7 Å². The molecule has 0 amide bonds. The summed E-state index contributed by atoms with van der Waals surface area (Å²) in [6, 6.07) is 9.39. The lowest BCUT2D eigenvalue weighted by Gasteiger charge is -2.32. The van der Waals surface area contributed by atoms with E-state index < -0.39 is 0 Å². The van der Waals surface area contributed by atoms with Gasteiger partial charge in [-0.1, -0.05) is 36.4 Å². The molecule has 3 heterocycles. The Hall–Kier alpha value is -2.60. The summed E-state index contributed by atoms with van der Waals surface area (Å²) in [6.45, 7) is 9.29. The number of aromatic nitrogens is 2. The highest BCUT2D eigenvalue weighted by molar-refractivity contribution is 5.62. The molecule has 1 saturated heterocycles. The van der Waals surface area contributed by atoms with Crippen molar-refractivity contribution in [2.45, 2.75) is 57.7 Å². The van der Waals surface area contributed by atoms with Crippen LogP contribution in [0.25, 0.3) is 0 Å². The number of nitrogens with zero attached hydrogens (tertiary/aromatic N) is 4. The largest absolute Gasteiger partial charge is 0.460 e. The Kier molecular flexibility index (Phi) is 5.05. The first-order chi connectivity index (χ1) is 15.6. The van der Waals surface area contributed by atoms with Crippen molar-refractivity contribution in [3.8, 4) is 6.01 Å². The average molecular weight is 432 g/mol. The second-order valence-electron chi connectivity index (χ2n) is 10.2. The Bertz CT molecular complexity index is 1020. The number of rotatable bonds is 6. The highest BCUT2D eigenvalue weighted by Gasteiger charge is 2.47. The van der Waals surface area contributed by atoms with Crippen LogP contribution in [0.5, 0.6) is 6.01 Å². The number of fused-ring (bicyclic) bond motifs is 2. The molecule has 0 bridgehead atoms. The van der Waals surface area contributed by atoms with Crippen LogP contribution in [0.3, 0.4) is 0 Å². The molecular weight excluding hydrogens is 398 g/mol. The Morgan fingerprint density at radius 1 is 1.03 bits per heavy atom. The quantitative estimate of drug-likeness (QED) is 0.699. The van der Waals surface area contributed by atoms with E-state index in [1.54, 1.807) is 0 Å². The third kappa shape index (κ3) is 4.08. The summed E-state index contributed by atoms with van der Waals surface area (Å²) in [6.07, 6.45) is 7.26. The van der Waals surface area contributed by atoms with Crippen molar-refractivity contribution in [3.05, 3.63) is 53.1 Å². The van der Waals surface area contributed by atoms with Crippen molar-refractivity contribution in [3.63, 3.8) is 0 Å². The Balaban J connectivity index is 1.22. The van der Waals surface area contributed by atoms with Crippen molar-refractivity contribution in [1.82, 2.24) is 14.9 Å². The predicted molar refractivity (Wildman–Crippen MR) is 127 cm³/mol. The van der Waals surface area contributed by atoms with Gasteiger partial charge in [0.2, 0.25) is 0 Å². The summed E-state index contributed by atoms with van der Waals surface area (Å²) in [7, 11) is 0. The molecule has 2 aliphatic carbocycles. The minimum absolute atomic E-state index is 0.241. The molecule has 32 heavy (non-hydrogen) atoms. The molecule has 1 unspecified atom stereocenters. The van der Waals surface area contributed by atoms with Gasteiger partial charge in [0.05, 0.1) is 0 Å². The first kappa shape index (κ1) is 20.0. The maximum atomic E-state index is 6.38. The van der Waals surface area contributed by atoms with Crippen LogP contribution in [-0.4, -0.2) is 40.6 Å². The molecule has 1 aromatic heterocycles. The molecule has 0 radical (unpaired) electrons. The zero-order chi connectivity index (χ0) is 21.7. The summed E-state index contributed by atoms with van der Waals surface area (Å²) >= 11 is 0. The second-order valence-corrected chi connectivity index (χ2v) is 10.2. The van der Waals surface area contributed by atoms with Crippen LogP contribution in [0, 0.1) is 11.8 Å². The van der Waals surface area contributed by atoms with Crippen LogP contribution in [0.2, 0.25) is 0 Å². The lowest BCUT2D eigenvalue weighted by atomic mass is 10.0. The molecule has 2 aromatic rings. The third-order valence-electron chi connectivity index (χ3n) is 7.58. The lowest BCUT2D eigenvalue weighted by Crippen LogP contribution is -2.32. The van der Waals surface area contributed by atoms with Crippen LogP contribution < -0.4 is 15.4 Å². The lowest BCUT2D eigenvalue weighted by molar-refractivity contribution is 0.178. The number of likely N-dealkylation sites (tertiary alicyclic amines) is 1. The van der Waals surface area contributed by atoms with Crippen LogP contribution in [0.1, 0.15) is 48.8 Å². The summed E-state index contributed by atoms with van der Waals surface area (Å²) in [5.41, 5.74) is 11.2. The van der Waals surface area contributed by atoms with Gasteiger partial charge >= 0.3 is 6.01 Å². The number of anilines is 2. The fourth-order valence-electron chi connectivity index (χ4n) is 5.88. The van der Waals surface area contributed by atoms with E-state index in [4.69, 9.17) is 15.5 Å². The monoisotopic (exact) mass is 431 g/mol. The fourth-order valence-corrected chi connectivity index (χ4v) is 5.88. The number of nitrogens with two attached hydrogens (primary N) is 1. The molecule has 0 spiro atoms. The molecule has 1 aromatic carbocycles. The molecule has 2 aliphatic heterocycles. The van der Waals surface area contributed by atoms with Gasteiger partial charge in [-0.15, -0.1) is 0 Å². The Morgan fingerprint density at radius 2 is 1.78 bits per heavy atom. The normalized spacial score (nSPS) is 26.8. The van der Waals surface area contributed by atoms with Crippen LogP contribution in [0.15, 0.2) is 36.4 Å². The summed E-state index contributed by atoms with van der Waals surface area (Å²) in [5, 5.41) is 0. The van der Waals surface area contributed by atoms with Gasteiger partial charge in [-0.05, 0) is 68.2 Å². The molecule has 6 heteroatoms. The maximum Gasteiger partial charge on any atom is 0.320 e. The van der Waals surface area contributed by atoms with Crippen molar-refractivity contribution in [2.75, 3.05) is 30.3 Å². The maximum absolute atomic E-state index is 6.38. The van der Waals surface area contributed by atoms with Gasteiger partial charge in [0, 0.05) is 31.6 Å². The van der Waals surface area contributed by atoms with Crippen molar-refractivity contribution in [2.24, 2.45) is 11.8 Å². The number of hydrogen-bond acceptors (Lipinski definition) is 6. The molecule has 6 nitrogen and oxygen atoms in total. The van der Waals surface area contributed by atoms with E-state index in [1.165, 1.54) is 43.5 Å². The molecule has 2 saturated carbocycles. The van der Waals surface area contributed by atoms with E-state index in [9.17, 15) is 0 Å². The Labute approximate surface area is 190 Å². The number of benzene rings is 1. The molecule has 168 valence electrons. The standard InChI is InChI=1S/C26H33N5O/c1-17-9-23-24(27)28-26(32-22-12-20-11-21(20)13-22)29-25(23)31(14-17)16-19-6-4-5-18(10-19)15-30-7-2-3-8-30/h4-6,10,20-22H,1-3,7-9,11-16H2,(H2,27,28,29)/t20-,21+,22?. The number of hydrogen-bond donors (Lipinski definition) is 1. The molecule has 4 aliphatic rings. The van der Waals surface area contributed by atoms with Gasteiger partial charge < -0.3 is 15.4 Å². The van der Waals surface area contributed by atoms with Crippen LogP contribution >= 0.6 is 0 Å². The minimum Gasteiger partial charge on any atom is -0.460 e. The van der Waals surface area contributed by atoms with Crippen molar-refractivity contribution >= 4 is 11.6 Å². The van der Waals surface area contributed by atoms with Crippen LogP contribution in [-0.2, 0) is 19.5 Å². The highest BCUT2D eigenvalue weighted by atomic mass is 16.5. The van der Waals surface area contributed by atoms with E-state index in [2.05, 4.69) is 45.6 Å². The first-order valence-electron chi connectivity index (χ1n) is 12.2. The summed E-state index contributed by atoms with van der Waals surface area (Å²) in [4.78, 5) is 14.2. The van der Waals surface area contributed by atoms with E-state index in [1.807, 2.05) is 0 Å². The van der Waals surface area contributed by atoms with Crippen molar-refractivity contribution in [1.29, 1.82) is 0 Å². The zero-order valence-electron chi connectivity index (χ0n) is 18.8. The van der Waals surface area contributed by atoms with Gasteiger partial charge in [-0.2, -0.15) is 9.97 Å². The molecule has 6 rings (SSSR count). The molecule has 3 atom stereocenters. The van der Waals surface area contributed by atoms with Crippen molar-refractivity contribution < 1.29 is 4.74 Å². The third-order valence-corrected chi connectivity index (χ3v) is 7.58. The molecule has 3 fully saturated rings. The van der Waals surface area contributed by atoms with E-state index in [-0.39, 0.29) is 6.10 Å². The minimum atomic E-state index is 0.241. The zero-order valence-corrected chi connectivity index (χ0v) is 18.8. The van der Waals surface area contributed by atoms with Gasteiger partial charge in [-0.3, -0.25) is 4.90 Å². The molecular formula is C26H33N5O. The van der Waals surface area contributed by atoms with Gasteiger partial charge in [0.25, 0.3) is 0 Å². The highest BCUT2D eigenvalue weighted by Crippen LogP contribution is 2.52. The smallest absolute Gasteiger partial charge is 0.320 e. The Morgan fingerprint density at radius 3 is 2.56 bits per heavy atom. The predicted octanol–water partition coefficient (Wildman–Crippen LogP) is 3.95.